The molecule has 3 rings (SSSR count). The molecule has 1 aromatic carbocycles. The van der Waals surface area contributed by atoms with Gasteiger partial charge in [-0.2, -0.15) is 0 Å². The zero-order valence-corrected chi connectivity index (χ0v) is 13.2. The minimum atomic E-state index is 0.312. The van der Waals surface area contributed by atoms with E-state index in [1.165, 1.54) is 18.4 Å². The maximum absolute atomic E-state index is 12.3. The second-order valence-electron chi connectivity index (χ2n) is 6.19. The number of nitrogens with zero attached hydrogens (tertiary/aromatic N) is 2. The Bertz CT molecular complexity index is 474. The summed E-state index contributed by atoms with van der Waals surface area (Å²) in [5, 5.41) is 0.789. The predicted octanol–water partition coefficient (Wildman–Crippen LogP) is 3.14. The second-order valence-corrected chi connectivity index (χ2v) is 6.63. The summed E-state index contributed by atoms with van der Waals surface area (Å²) in [4.78, 5) is 16.6. The van der Waals surface area contributed by atoms with Crippen molar-refractivity contribution in [2.75, 3.05) is 32.7 Å². The molecule has 0 radical (unpaired) electrons. The molecule has 2 saturated heterocycles. The Balaban J connectivity index is 1.50. The Morgan fingerprint density at radius 2 is 1.67 bits per heavy atom. The van der Waals surface area contributed by atoms with Crippen LogP contribution in [0.2, 0.25) is 5.02 Å². The first-order valence-corrected chi connectivity index (χ1v) is 8.36. The predicted molar refractivity (Wildman–Crippen MR) is 85.7 cm³/mol. The van der Waals surface area contributed by atoms with E-state index in [2.05, 4.69) is 17.0 Å². The summed E-state index contributed by atoms with van der Waals surface area (Å²) in [7, 11) is 0. The van der Waals surface area contributed by atoms with Crippen LogP contribution >= 0.6 is 11.6 Å². The van der Waals surface area contributed by atoms with Crippen molar-refractivity contribution in [3.63, 3.8) is 0 Å². The van der Waals surface area contributed by atoms with Gasteiger partial charge in [0.2, 0.25) is 5.91 Å². The summed E-state index contributed by atoms with van der Waals surface area (Å²) >= 11 is 5.94. The average Bonchev–Trinajstić information content (AvgIpc) is 3.01. The Kier molecular flexibility index (Phi) is 4.81. The maximum atomic E-state index is 12.3. The fourth-order valence-electron chi connectivity index (χ4n) is 3.43. The summed E-state index contributed by atoms with van der Waals surface area (Å²) in [5.41, 5.74) is 1.35. The van der Waals surface area contributed by atoms with Crippen LogP contribution in [-0.4, -0.2) is 48.4 Å². The number of halogens is 1. The van der Waals surface area contributed by atoms with Gasteiger partial charge in [0.25, 0.3) is 0 Å². The quantitative estimate of drug-likeness (QED) is 0.856. The van der Waals surface area contributed by atoms with Gasteiger partial charge in [-0.15, -0.1) is 0 Å². The van der Waals surface area contributed by atoms with Crippen molar-refractivity contribution in [3.05, 3.63) is 34.9 Å². The third-order valence-corrected chi connectivity index (χ3v) is 5.00. The van der Waals surface area contributed by atoms with Gasteiger partial charge < -0.3 is 4.90 Å². The van der Waals surface area contributed by atoms with Crippen molar-refractivity contribution in [2.45, 2.75) is 31.6 Å². The van der Waals surface area contributed by atoms with Crippen LogP contribution < -0.4 is 0 Å². The molecule has 2 aliphatic rings. The first-order valence-electron chi connectivity index (χ1n) is 7.98. The standard InChI is InChI=1S/C17H23ClN2O/c18-16-5-3-14(4-6-16)15-7-11-20(12-8-15)17(21)13-19-9-1-2-10-19/h3-6,15H,1-2,7-13H2. The molecule has 0 unspecified atom stereocenters. The molecule has 1 aromatic rings. The summed E-state index contributed by atoms with van der Waals surface area (Å²) in [5.74, 6) is 0.879. The summed E-state index contributed by atoms with van der Waals surface area (Å²) in [6, 6.07) is 8.16. The van der Waals surface area contributed by atoms with Gasteiger partial charge in [0.1, 0.15) is 0 Å². The SMILES string of the molecule is O=C(CN1CCCC1)N1CCC(c2ccc(Cl)cc2)CC1. The number of hydrogen-bond donors (Lipinski definition) is 0. The highest BCUT2D eigenvalue weighted by Crippen LogP contribution is 2.28. The lowest BCUT2D eigenvalue weighted by Crippen LogP contribution is -2.43. The second kappa shape index (κ2) is 6.80. The highest BCUT2D eigenvalue weighted by Gasteiger charge is 2.25. The Hall–Kier alpha value is -1.06. The molecule has 114 valence electrons. The molecule has 3 nitrogen and oxygen atoms in total. The normalized spacial score (nSPS) is 20.9. The van der Waals surface area contributed by atoms with E-state index >= 15 is 0 Å². The summed E-state index contributed by atoms with van der Waals surface area (Å²) < 4.78 is 0. The van der Waals surface area contributed by atoms with Crippen molar-refractivity contribution in [1.29, 1.82) is 0 Å². The van der Waals surface area contributed by atoms with Crippen molar-refractivity contribution in [2.24, 2.45) is 0 Å². The van der Waals surface area contributed by atoms with Gasteiger partial charge in [-0.1, -0.05) is 23.7 Å². The van der Waals surface area contributed by atoms with Crippen LogP contribution in [0.25, 0.3) is 0 Å². The monoisotopic (exact) mass is 306 g/mol. The van der Waals surface area contributed by atoms with E-state index in [-0.39, 0.29) is 0 Å². The van der Waals surface area contributed by atoms with Crippen LogP contribution in [0.3, 0.4) is 0 Å². The van der Waals surface area contributed by atoms with Gasteiger partial charge in [0.05, 0.1) is 6.54 Å². The van der Waals surface area contributed by atoms with E-state index in [1.54, 1.807) is 0 Å². The van der Waals surface area contributed by atoms with E-state index in [1.807, 2.05) is 17.0 Å². The molecule has 4 heteroatoms. The number of piperidine rings is 1. The topological polar surface area (TPSA) is 23.6 Å². The first-order chi connectivity index (χ1) is 10.2. The molecule has 0 spiro atoms. The number of hydrogen-bond acceptors (Lipinski definition) is 2. The van der Waals surface area contributed by atoms with Crippen LogP contribution in [0, 0.1) is 0 Å². The number of carbonyl (C=O) groups is 1. The maximum Gasteiger partial charge on any atom is 0.236 e. The zero-order chi connectivity index (χ0) is 14.7. The minimum Gasteiger partial charge on any atom is -0.342 e. The van der Waals surface area contributed by atoms with Crippen LogP contribution in [0.1, 0.15) is 37.2 Å². The smallest absolute Gasteiger partial charge is 0.236 e. The average molecular weight is 307 g/mol. The molecule has 2 heterocycles. The van der Waals surface area contributed by atoms with Crippen LogP contribution in [0.4, 0.5) is 0 Å². The molecule has 1 amide bonds. The van der Waals surface area contributed by atoms with E-state index in [0.29, 0.717) is 18.4 Å². The molecule has 2 aliphatic heterocycles. The van der Waals surface area contributed by atoms with E-state index in [0.717, 1.165) is 44.0 Å². The zero-order valence-electron chi connectivity index (χ0n) is 12.4. The molecule has 0 saturated carbocycles. The Morgan fingerprint density at radius 1 is 1.05 bits per heavy atom. The van der Waals surface area contributed by atoms with E-state index in [4.69, 9.17) is 11.6 Å². The number of rotatable bonds is 3. The number of carbonyl (C=O) groups excluding carboxylic acids is 1. The highest BCUT2D eigenvalue weighted by molar-refractivity contribution is 6.30. The number of benzene rings is 1. The minimum absolute atomic E-state index is 0.312. The molecule has 0 aromatic heterocycles. The first kappa shape index (κ1) is 14.9. The van der Waals surface area contributed by atoms with Crippen LogP contribution in [-0.2, 0) is 4.79 Å². The van der Waals surface area contributed by atoms with Crippen molar-refractivity contribution in [1.82, 2.24) is 9.80 Å². The fourth-order valence-corrected chi connectivity index (χ4v) is 3.56. The third kappa shape index (κ3) is 3.78. The largest absolute Gasteiger partial charge is 0.342 e. The molecular formula is C17H23ClN2O. The van der Waals surface area contributed by atoms with Crippen molar-refractivity contribution < 1.29 is 4.79 Å². The summed E-state index contributed by atoms with van der Waals surface area (Å²) in [6.45, 7) is 4.57. The molecule has 0 atom stereocenters. The molecule has 0 aliphatic carbocycles. The van der Waals surface area contributed by atoms with Crippen molar-refractivity contribution in [3.8, 4) is 0 Å². The highest BCUT2D eigenvalue weighted by atomic mass is 35.5. The molecular weight excluding hydrogens is 284 g/mol. The molecule has 0 bridgehead atoms. The van der Waals surface area contributed by atoms with Crippen LogP contribution in [0.15, 0.2) is 24.3 Å². The van der Waals surface area contributed by atoms with Gasteiger partial charge in [-0.05, 0) is 62.4 Å². The van der Waals surface area contributed by atoms with Gasteiger partial charge in [0.15, 0.2) is 0 Å². The number of amides is 1. The lowest BCUT2D eigenvalue weighted by Gasteiger charge is -2.33. The Morgan fingerprint density at radius 3 is 2.29 bits per heavy atom. The van der Waals surface area contributed by atoms with Gasteiger partial charge in [-0.25, -0.2) is 0 Å². The van der Waals surface area contributed by atoms with E-state index < -0.39 is 0 Å². The molecule has 2 fully saturated rings. The lowest BCUT2D eigenvalue weighted by atomic mass is 9.89. The number of likely N-dealkylation sites (tertiary alicyclic amines) is 2. The van der Waals surface area contributed by atoms with E-state index in [9.17, 15) is 4.79 Å². The third-order valence-electron chi connectivity index (χ3n) is 4.75. The molecule has 0 N–H and O–H groups in total. The summed E-state index contributed by atoms with van der Waals surface area (Å²) in [6.07, 6.45) is 4.61. The van der Waals surface area contributed by atoms with Gasteiger partial charge in [0, 0.05) is 18.1 Å². The Labute approximate surface area is 131 Å². The lowest BCUT2D eigenvalue weighted by molar-refractivity contribution is -0.133. The fraction of sp³-hybridized carbons (Fsp3) is 0.588. The van der Waals surface area contributed by atoms with Gasteiger partial charge in [-0.3, -0.25) is 9.69 Å². The van der Waals surface area contributed by atoms with Crippen LogP contribution in [0.5, 0.6) is 0 Å². The van der Waals surface area contributed by atoms with Crippen molar-refractivity contribution >= 4 is 17.5 Å². The molecule has 21 heavy (non-hydrogen) atoms. The van der Waals surface area contributed by atoms with Gasteiger partial charge >= 0.3 is 0 Å².